The van der Waals surface area contributed by atoms with E-state index in [1.54, 1.807) is 24.3 Å². The van der Waals surface area contributed by atoms with Gasteiger partial charge in [-0.3, -0.25) is 9.59 Å². The van der Waals surface area contributed by atoms with Crippen LogP contribution in [0.15, 0.2) is 65.7 Å². The lowest BCUT2D eigenvalue weighted by atomic mass is 9.83. The van der Waals surface area contributed by atoms with Gasteiger partial charge in [0.2, 0.25) is 0 Å². The average molecular weight is 423 g/mol. The van der Waals surface area contributed by atoms with Crippen LogP contribution in [0.25, 0.3) is 5.69 Å². The van der Waals surface area contributed by atoms with E-state index in [1.165, 1.54) is 23.0 Å². The fourth-order valence-electron chi connectivity index (χ4n) is 3.80. The highest BCUT2D eigenvalue weighted by molar-refractivity contribution is 7.92. The zero-order valence-electron chi connectivity index (χ0n) is 16.4. The summed E-state index contributed by atoms with van der Waals surface area (Å²) in [6.07, 6.45) is 2.32. The van der Waals surface area contributed by atoms with Gasteiger partial charge in [0.25, 0.3) is 0 Å². The molecule has 2 unspecified atom stereocenters. The van der Waals surface area contributed by atoms with Crippen molar-refractivity contribution in [3.8, 4) is 5.69 Å². The fraction of sp³-hybridized carbons (Fsp3) is 0.273. The Morgan fingerprint density at radius 1 is 1.07 bits per heavy atom. The van der Waals surface area contributed by atoms with Crippen LogP contribution in [0.5, 0.6) is 0 Å². The third kappa shape index (κ3) is 3.70. The summed E-state index contributed by atoms with van der Waals surface area (Å²) in [6, 6.07) is 15.6. The molecule has 0 bridgehead atoms. The number of aryl methyl sites for hydroxylation is 1. The molecule has 1 heterocycles. The van der Waals surface area contributed by atoms with Gasteiger partial charge in [0.15, 0.2) is 15.6 Å². The normalized spacial score (nSPS) is 19.6. The van der Waals surface area contributed by atoms with Crippen LogP contribution in [0.3, 0.4) is 0 Å². The fourth-order valence-corrected chi connectivity index (χ4v) is 5.78. The van der Waals surface area contributed by atoms with Gasteiger partial charge in [-0.1, -0.05) is 41.1 Å². The van der Waals surface area contributed by atoms with Crippen molar-refractivity contribution in [1.82, 2.24) is 15.0 Å². The molecular weight excluding hydrogens is 402 g/mol. The Kier molecular flexibility index (Phi) is 5.34. The molecule has 8 heteroatoms. The molecule has 1 aromatic heterocycles. The standard InChI is InChI=1S/C22H21N3O4S/c1-15-10-12-17(13-11-15)30(28,29)20-9-5-8-19(26)21(20)22(27)18-14-25(24-23-18)16-6-3-2-4-7-16/h2-4,6-7,10-14,20-21H,5,8-9H2,1H3. The van der Waals surface area contributed by atoms with E-state index >= 15 is 0 Å². The number of aromatic nitrogens is 3. The van der Waals surface area contributed by atoms with Gasteiger partial charge in [0.05, 0.1) is 27.9 Å². The van der Waals surface area contributed by atoms with Crippen molar-refractivity contribution in [2.24, 2.45) is 5.92 Å². The van der Waals surface area contributed by atoms with E-state index in [1.807, 2.05) is 25.1 Å². The number of nitrogens with zero attached hydrogens (tertiary/aromatic N) is 3. The molecule has 0 radical (unpaired) electrons. The SMILES string of the molecule is Cc1ccc(S(=O)(=O)C2CCCC(=O)C2C(=O)c2cn(-c3ccccc3)nn2)cc1. The number of Topliss-reactive ketones (excluding diaryl/α,β-unsaturated/α-hetero) is 2. The average Bonchev–Trinajstić information content (AvgIpc) is 3.24. The van der Waals surface area contributed by atoms with Crippen molar-refractivity contribution < 1.29 is 18.0 Å². The third-order valence-corrected chi connectivity index (χ3v) is 7.66. The molecule has 0 amide bonds. The monoisotopic (exact) mass is 423 g/mol. The predicted octanol–water partition coefficient (Wildman–Crippen LogP) is 2.97. The molecule has 4 rings (SSSR count). The van der Waals surface area contributed by atoms with Crippen LogP contribution in [0.1, 0.15) is 35.3 Å². The van der Waals surface area contributed by atoms with Gasteiger partial charge in [0.1, 0.15) is 11.5 Å². The molecule has 30 heavy (non-hydrogen) atoms. The quantitative estimate of drug-likeness (QED) is 0.462. The number of carbonyl (C=O) groups is 2. The lowest BCUT2D eigenvalue weighted by Crippen LogP contribution is -2.43. The Morgan fingerprint density at radius 3 is 2.47 bits per heavy atom. The maximum Gasteiger partial charge on any atom is 0.196 e. The summed E-state index contributed by atoms with van der Waals surface area (Å²) >= 11 is 0. The molecule has 2 atom stereocenters. The van der Waals surface area contributed by atoms with E-state index in [2.05, 4.69) is 10.3 Å². The number of rotatable bonds is 5. The predicted molar refractivity (Wildman–Crippen MR) is 110 cm³/mol. The first-order valence-electron chi connectivity index (χ1n) is 9.73. The van der Waals surface area contributed by atoms with E-state index in [-0.39, 0.29) is 29.2 Å². The summed E-state index contributed by atoms with van der Waals surface area (Å²) < 4.78 is 28.0. The molecule has 2 aromatic carbocycles. The van der Waals surface area contributed by atoms with E-state index in [0.717, 1.165) is 5.56 Å². The summed E-state index contributed by atoms with van der Waals surface area (Å²) in [5, 5.41) is 6.79. The number of sulfone groups is 1. The van der Waals surface area contributed by atoms with Crippen molar-refractivity contribution in [3.05, 3.63) is 72.1 Å². The summed E-state index contributed by atoms with van der Waals surface area (Å²) in [5.41, 5.74) is 1.63. The topological polar surface area (TPSA) is 99.0 Å². The minimum absolute atomic E-state index is 0.0109. The zero-order valence-corrected chi connectivity index (χ0v) is 17.2. The van der Waals surface area contributed by atoms with E-state index in [0.29, 0.717) is 12.1 Å². The number of hydrogen-bond acceptors (Lipinski definition) is 6. The first kappa shape index (κ1) is 20.2. The van der Waals surface area contributed by atoms with Crippen LogP contribution in [-0.2, 0) is 14.6 Å². The lowest BCUT2D eigenvalue weighted by molar-refractivity contribution is -0.122. The van der Waals surface area contributed by atoms with E-state index in [4.69, 9.17) is 0 Å². The molecule has 1 aliphatic rings. The van der Waals surface area contributed by atoms with Gasteiger partial charge < -0.3 is 0 Å². The van der Waals surface area contributed by atoms with Crippen molar-refractivity contribution in [2.45, 2.75) is 36.3 Å². The number of carbonyl (C=O) groups excluding carboxylic acids is 2. The van der Waals surface area contributed by atoms with Crippen LogP contribution >= 0.6 is 0 Å². The van der Waals surface area contributed by atoms with Crippen LogP contribution in [0.2, 0.25) is 0 Å². The summed E-state index contributed by atoms with van der Waals surface area (Å²) in [6.45, 7) is 1.86. The van der Waals surface area contributed by atoms with Gasteiger partial charge >= 0.3 is 0 Å². The van der Waals surface area contributed by atoms with Gasteiger partial charge in [-0.25, -0.2) is 13.1 Å². The number of hydrogen-bond donors (Lipinski definition) is 0. The first-order valence-corrected chi connectivity index (χ1v) is 11.3. The van der Waals surface area contributed by atoms with Crippen molar-refractivity contribution in [3.63, 3.8) is 0 Å². The van der Waals surface area contributed by atoms with Crippen molar-refractivity contribution >= 4 is 21.4 Å². The van der Waals surface area contributed by atoms with Crippen LogP contribution in [-0.4, -0.2) is 40.2 Å². The van der Waals surface area contributed by atoms with Crippen LogP contribution in [0.4, 0.5) is 0 Å². The van der Waals surface area contributed by atoms with Crippen LogP contribution < -0.4 is 0 Å². The van der Waals surface area contributed by atoms with Gasteiger partial charge in [-0.2, -0.15) is 0 Å². The molecule has 1 saturated carbocycles. The summed E-state index contributed by atoms with van der Waals surface area (Å²) in [5.74, 6) is -2.23. The van der Waals surface area contributed by atoms with E-state index in [9.17, 15) is 18.0 Å². The van der Waals surface area contributed by atoms with Gasteiger partial charge in [-0.05, 0) is 44.0 Å². The highest BCUT2D eigenvalue weighted by Gasteiger charge is 2.45. The molecule has 3 aromatic rings. The molecule has 1 fully saturated rings. The first-order chi connectivity index (χ1) is 14.4. The Morgan fingerprint density at radius 2 is 1.77 bits per heavy atom. The lowest BCUT2D eigenvalue weighted by Gasteiger charge is -2.28. The summed E-state index contributed by atoms with van der Waals surface area (Å²) in [7, 11) is -3.86. The second-order valence-corrected chi connectivity index (χ2v) is 9.65. The smallest absolute Gasteiger partial charge is 0.196 e. The molecule has 154 valence electrons. The minimum Gasteiger partial charge on any atom is -0.299 e. The second kappa shape index (κ2) is 7.95. The highest BCUT2D eigenvalue weighted by atomic mass is 32.2. The Hall–Kier alpha value is -3.13. The van der Waals surface area contributed by atoms with Crippen molar-refractivity contribution in [2.75, 3.05) is 0 Å². The van der Waals surface area contributed by atoms with Gasteiger partial charge in [0, 0.05) is 6.42 Å². The van der Waals surface area contributed by atoms with Gasteiger partial charge in [-0.15, -0.1) is 5.10 Å². The molecule has 1 aliphatic carbocycles. The molecule has 7 nitrogen and oxygen atoms in total. The van der Waals surface area contributed by atoms with E-state index < -0.39 is 26.8 Å². The maximum absolute atomic E-state index is 13.3. The molecular formula is C22H21N3O4S. The number of para-hydroxylation sites is 1. The highest BCUT2D eigenvalue weighted by Crippen LogP contribution is 2.33. The molecule has 0 N–H and O–H groups in total. The van der Waals surface area contributed by atoms with Crippen molar-refractivity contribution in [1.29, 1.82) is 0 Å². The summed E-state index contributed by atoms with van der Waals surface area (Å²) in [4.78, 5) is 26.0. The molecule has 0 saturated heterocycles. The third-order valence-electron chi connectivity index (χ3n) is 5.43. The number of ketones is 2. The van der Waals surface area contributed by atoms with Crippen LogP contribution in [0, 0.1) is 12.8 Å². The number of benzene rings is 2. The minimum atomic E-state index is -3.86. The Bertz CT molecular complexity index is 1180. The second-order valence-electron chi connectivity index (χ2n) is 7.48. The molecule has 0 spiro atoms. The largest absolute Gasteiger partial charge is 0.299 e. The molecule has 0 aliphatic heterocycles. The maximum atomic E-state index is 13.3. The Labute approximate surface area is 174 Å². The zero-order chi connectivity index (χ0) is 21.3. The Balaban J connectivity index is 1.68.